The number of benzene rings is 4. The zero-order chi connectivity index (χ0) is 39.9. The first-order valence-electron chi connectivity index (χ1n) is 19.6. The van der Waals surface area contributed by atoms with Gasteiger partial charge in [-0.25, -0.2) is 0 Å². The third kappa shape index (κ3) is 9.20. The molecule has 3 aliphatic rings. The van der Waals surface area contributed by atoms with Gasteiger partial charge in [0.15, 0.2) is 0 Å². The molecule has 6 heteroatoms. The number of nitrogens with one attached hydrogen (secondary N) is 1. The molecule has 57 heavy (non-hydrogen) atoms. The van der Waals surface area contributed by atoms with Crippen molar-refractivity contribution < 1.29 is 0 Å². The first-order chi connectivity index (χ1) is 27.6. The van der Waals surface area contributed by atoms with Crippen molar-refractivity contribution in [2.45, 2.75) is 56.8 Å². The minimum Gasteiger partial charge on any atom is -0.394 e. The number of thiol groups is 1. The van der Waals surface area contributed by atoms with Crippen molar-refractivity contribution in [3.05, 3.63) is 214 Å². The Morgan fingerprint density at radius 1 is 0.860 bits per heavy atom. The van der Waals surface area contributed by atoms with E-state index in [4.69, 9.17) is 5.73 Å². The summed E-state index contributed by atoms with van der Waals surface area (Å²) >= 11 is 6.00. The van der Waals surface area contributed by atoms with Gasteiger partial charge in [-0.2, -0.15) is 0 Å². The number of hydrogen-bond donors (Lipinski definition) is 3. The van der Waals surface area contributed by atoms with Gasteiger partial charge in [0, 0.05) is 56.6 Å². The van der Waals surface area contributed by atoms with E-state index in [0.29, 0.717) is 5.03 Å². The van der Waals surface area contributed by atoms with Gasteiger partial charge in [-0.15, -0.1) is 12.6 Å². The van der Waals surface area contributed by atoms with Crippen molar-refractivity contribution in [2.75, 3.05) is 21.7 Å². The van der Waals surface area contributed by atoms with Crippen LogP contribution >= 0.6 is 24.4 Å². The second-order valence-corrected chi connectivity index (χ2v) is 16.7. The Hall–Kier alpha value is -5.56. The third-order valence-electron chi connectivity index (χ3n) is 10.8. The molecule has 0 fully saturated rings. The quantitative estimate of drug-likeness (QED) is 0.0719. The number of nitrogens with zero attached hydrogens (tertiary/aromatic N) is 2. The molecule has 288 valence electrons. The van der Waals surface area contributed by atoms with Gasteiger partial charge >= 0.3 is 0 Å². The van der Waals surface area contributed by atoms with Gasteiger partial charge in [0.25, 0.3) is 0 Å². The van der Waals surface area contributed by atoms with Crippen LogP contribution in [0.2, 0.25) is 0 Å². The van der Waals surface area contributed by atoms with E-state index in [1.807, 2.05) is 12.2 Å². The first kappa shape index (κ1) is 39.7. The second-order valence-electron chi connectivity index (χ2n) is 15.1. The normalized spacial score (nSPS) is 20.6. The molecule has 1 unspecified atom stereocenters. The molecule has 0 spiro atoms. The van der Waals surface area contributed by atoms with Gasteiger partial charge in [-0.1, -0.05) is 109 Å². The lowest BCUT2D eigenvalue weighted by atomic mass is 9.72. The van der Waals surface area contributed by atoms with E-state index in [1.165, 1.54) is 39.2 Å². The summed E-state index contributed by atoms with van der Waals surface area (Å²) in [7, 11) is 0. The van der Waals surface area contributed by atoms with Crippen LogP contribution in [0.5, 0.6) is 0 Å². The van der Waals surface area contributed by atoms with Crippen LogP contribution in [-0.4, -0.2) is 6.54 Å². The summed E-state index contributed by atoms with van der Waals surface area (Å²) in [5.41, 5.74) is 19.7. The summed E-state index contributed by atoms with van der Waals surface area (Å²) in [6.07, 6.45) is 23.4. The smallest absolute Gasteiger partial charge is 0.0774 e. The fourth-order valence-electron chi connectivity index (χ4n) is 7.83. The molecule has 1 aliphatic carbocycles. The molecule has 4 nitrogen and oxygen atoms in total. The molecule has 4 aromatic rings. The third-order valence-corrected chi connectivity index (χ3v) is 11.9. The Morgan fingerprint density at radius 2 is 1.61 bits per heavy atom. The molecular weight excluding hydrogens is 733 g/mol. The lowest BCUT2D eigenvalue weighted by Crippen LogP contribution is -2.30. The minimum atomic E-state index is -0.291. The molecule has 1 atom stereocenters. The highest BCUT2D eigenvalue weighted by Gasteiger charge is 2.33. The molecule has 0 amide bonds. The van der Waals surface area contributed by atoms with Gasteiger partial charge in [-0.3, -0.25) is 0 Å². The minimum absolute atomic E-state index is 0.291. The largest absolute Gasteiger partial charge is 0.394 e. The SMILES string of the molecule is C=C1/C=C(/C)CCN(c2ccc(N/C(=C\C=C(/N)S)Sc3ccc(N4C(=C)/C=C\CC=CC(C)(c5ccccc5)C5=C4CCC=C5)cc3)cc2)c2ccc(C)cc21. The Morgan fingerprint density at radius 3 is 2.37 bits per heavy atom. The van der Waals surface area contributed by atoms with E-state index in [-0.39, 0.29) is 5.41 Å². The fraction of sp³-hybridized carbons (Fsp3) is 0.176. The van der Waals surface area contributed by atoms with Crippen LogP contribution in [0.4, 0.5) is 22.7 Å². The van der Waals surface area contributed by atoms with Crippen LogP contribution < -0.4 is 20.9 Å². The highest BCUT2D eigenvalue weighted by Crippen LogP contribution is 2.43. The molecule has 0 saturated heterocycles. The number of aryl methyl sites for hydroxylation is 1. The summed E-state index contributed by atoms with van der Waals surface area (Å²) in [5, 5.41) is 5.01. The maximum atomic E-state index is 5.99. The molecule has 0 aromatic heterocycles. The predicted molar refractivity (Wildman–Crippen MR) is 251 cm³/mol. The van der Waals surface area contributed by atoms with Crippen molar-refractivity contribution in [3.63, 3.8) is 0 Å². The van der Waals surface area contributed by atoms with Crippen LogP contribution in [0.1, 0.15) is 56.2 Å². The Balaban J connectivity index is 1.15. The topological polar surface area (TPSA) is 44.5 Å². The van der Waals surface area contributed by atoms with E-state index in [9.17, 15) is 0 Å². The summed E-state index contributed by atoms with van der Waals surface area (Å²) in [6, 6.07) is 34.9. The molecule has 4 aromatic carbocycles. The number of allylic oxidation sites excluding steroid dienone is 12. The average Bonchev–Trinajstić information content (AvgIpc) is 3.21. The standard InChI is InChI=1S/C51H52N4S2/c1-36-19-28-47-45(35-36)38(3)34-37(2)31-33-54(47)42-22-20-41(21-23-42)53-50(30-29-49(52)56)57-44-26-24-43(25-27-44)55-39(4)14-8-7-13-32-51(5,40-15-9-6-10-16-40)46-17-11-12-18-48(46)55/h6,8-11,13-17,19-30,32,34-35,53,56H,3-4,7,12,18,31,33,52H2,1-2,5H3/b14-8-,32-13?,37-34-,49-29+,50-30+. The average molecular weight is 785 g/mol. The van der Waals surface area contributed by atoms with Crippen molar-refractivity contribution in [1.29, 1.82) is 0 Å². The van der Waals surface area contributed by atoms with E-state index >= 15 is 0 Å². The summed E-state index contributed by atoms with van der Waals surface area (Å²) in [5.74, 6) is 0. The predicted octanol–water partition coefficient (Wildman–Crippen LogP) is 13.7. The monoisotopic (exact) mass is 784 g/mol. The van der Waals surface area contributed by atoms with E-state index < -0.39 is 0 Å². The lowest BCUT2D eigenvalue weighted by Gasteiger charge is -2.38. The molecule has 7 rings (SSSR count). The number of fused-ring (bicyclic) bond motifs is 1. The van der Waals surface area contributed by atoms with Gasteiger partial charge in [0.2, 0.25) is 0 Å². The Labute approximate surface area is 349 Å². The number of rotatable bonds is 8. The van der Waals surface area contributed by atoms with Crippen LogP contribution in [-0.2, 0) is 5.41 Å². The van der Waals surface area contributed by atoms with Crippen LogP contribution in [0.25, 0.3) is 5.57 Å². The highest BCUT2D eigenvalue weighted by atomic mass is 32.2. The second kappa shape index (κ2) is 17.7. The van der Waals surface area contributed by atoms with Gasteiger partial charge in [0.1, 0.15) is 0 Å². The fourth-order valence-corrected chi connectivity index (χ4v) is 8.73. The van der Waals surface area contributed by atoms with Crippen LogP contribution in [0.15, 0.2) is 202 Å². The molecular formula is C51H52N4S2. The first-order valence-corrected chi connectivity index (χ1v) is 20.9. The molecule has 0 bridgehead atoms. The molecule has 2 heterocycles. The highest BCUT2D eigenvalue weighted by molar-refractivity contribution is 8.03. The summed E-state index contributed by atoms with van der Waals surface area (Å²) in [6.45, 7) is 16.5. The van der Waals surface area contributed by atoms with Crippen LogP contribution in [0.3, 0.4) is 0 Å². The summed E-state index contributed by atoms with van der Waals surface area (Å²) in [4.78, 5) is 5.84. The zero-order valence-electron chi connectivity index (χ0n) is 33.2. The van der Waals surface area contributed by atoms with Gasteiger partial charge in [-0.05, 0) is 142 Å². The van der Waals surface area contributed by atoms with Gasteiger partial charge in [0.05, 0.1) is 10.1 Å². The molecule has 0 radical (unpaired) electrons. The van der Waals surface area contributed by atoms with E-state index in [1.54, 1.807) is 11.8 Å². The zero-order valence-corrected chi connectivity index (χ0v) is 34.9. The molecule has 0 saturated carbocycles. The molecule has 3 N–H and O–H groups in total. The lowest BCUT2D eigenvalue weighted by molar-refractivity contribution is 0.685. The van der Waals surface area contributed by atoms with Gasteiger partial charge < -0.3 is 20.9 Å². The maximum absolute atomic E-state index is 5.99. The van der Waals surface area contributed by atoms with Crippen molar-refractivity contribution in [1.82, 2.24) is 0 Å². The number of anilines is 4. The van der Waals surface area contributed by atoms with E-state index in [2.05, 4.69) is 201 Å². The van der Waals surface area contributed by atoms with Crippen molar-refractivity contribution in [3.8, 4) is 0 Å². The Kier molecular flexibility index (Phi) is 12.3. The number of thioether (sulfide) groups is 1. The number of nitrogens with two attached hydrogens (primary N) is 1. The Bertz CT molecular complexity index is 2350. The maximum Gasteiger partial charge on any atom is 0.0774 e. The number of hydrogen-bond acceptors (Lipinski definition) is 6. The van der Waals surface area contributed by atoms with Crippen molar-refractivity contribution >= 4 is 52.7 Å². The summed E-state index contributed by atoms with van der Waals surface area (Å²) < 4.78 is 0. The van der Waals surface area contributed by atoms with Crippen LogP contribution in [0, 0.1) is 6.92 Å². The molecule has 2 aliphatic heterocycles. The van der Waals surface area contributed by atoms with Crippen molar-refractivity contribution in [2.24, 2.45) is 5.73 Å². The van der Waals surface area contributed by atoms with E-state index in [0.717, 1.165) is 70.5 Å².